The molecule has 0 aliphatic carbocycles. The van der Waals surface area contributed by atoms with Gasteiger partial charge in [0, 0.05) is 6.20 Å². The van der Waals surface area contributed by atoms with Crippen LogP contribution in [0.25, 0.3) is 0 Å². The maximum atomic E-state index is 12.8. The molecule has 9 heteroatoms. The minimum atomic E-state index is -3.46. The van der Waals surface area contributed by atoms with Crippen molar-refractivity contribution in [3.63, 3.8) is 0 Å². The second kappa shape index (κ2) is 11.5. The first kappa shape index (κ1) is 26.9. The molecule has 2 heterocycles. The van der Waals surface area contributed by atoms with Gasteiger partial charge >= 0.3 is 0 Å². The molecule has 0 radical (unpaired) electrons. The minimum Gasteiger partial charge on any atom is -0.489 e. The highest BCUT2D eigenvalue weighted by Gasteiger charge is 2.23. The molecule has 1 aromatic heterocycles. The average molecular weight is 524 g/mol. The number of nitrogens with zero attached hydrogens (tertiary/aromatic N) is 2. The second-order valence-electron chi connectivity index (χ2n) is 10.0. The Balaban J connectivity index is 1.62. The molecule has 1 aliphatic heterocycles. The molecule has 1 saturated heterocycles. The molecule has 0 spiro atoms. The normalized spacial score (nSPS) is 14.7. The number of sulfone groups is 1. The fourth-order valence-corrected chi connectivity index (χ4v) is 5.75. The topological polar surface area (TPSA) is 105 Å². The zero-order chi connectivity index (χ0) is 26.6. The molecule has 0 amide bonds. The van der Waals surface area contributed by atoms with Crippen molar-refractivity contribution in [2.24, 2.45) is 0 Å². The molecule has 1 aliphatic rings. The highest BCUT2D eigenvalue weighted by atomic mass is 32.2. The number of hydrogen-bond donors (Lipinski definition) is 3. The number of anilines is 4. The highest BCUT2D eigenvalue weighted by Crippen LogP contribution is 2.37. The van der Waals surface area contributed by atoms with Gasteiger partial charge in [0.2, 0.25) is 5.95 Å². The molecular formula is C28H37N5O3S. The van der Waals surface area contributed by atoms with Gasteiger partial charge in [-0.15, -0.1) is 0 Å². The van der Waals surface area contributed by atoms with Crippen LogP contribution in [0, 0.1) is 6.92 Å². The van der Waals surface area contributed by atoms with E-state index in [4.69, 9.17) is 4.74 Å². The minimum absolute atomic E-state index is 0.0115. The summed E-state index contributed by atoms with van der Waals surface area (Å²) in [6.07, 6.45) is 3.87. The lowest BCUT2D eigenvalue weighted by molar-refractivity contribution is 0.243. The lowest BCUT2D eigenvalue weighted by Crippen LogP contribution is -2.27. The van der Waals surface area contributed by atoms with Crippen molar-refractivity contribution in [3.05, 3.63) is 59.8 Å². The van der Waals surface area contributed by atoms with Crippen molar-refractivity contribution in [2.75, 3.05) is 23.7 Å². The van der Waals surface area contributed by atoms with Gasteiger partial charge in [0.05, 0.1) is 27.6 Å². The maximum Gasteiger partial charge on any atom is 0.229 e. The van der Waals surface area contributed by atoms with Crippen molar-refractivity contribution < 1.29 is 13.2 Å². The number of aryl methyl sites for hydroxylation is 1. The lowest BCUT2D eigenvalue weighted by Gasteiger charge is -2.26. The standard InChI is InChI=1S/C28H37N5O3S/c1-18(2)36-25-17-22(21-10-13-29-14-11-21)20(5)16-24(25)32-28-30-15-12-27(33-28)31-23-8-6-7-9-26(23)37(34,35)19(3)4/h6-9,12,15-19,21,29H,10-11,13-14H2,1-5H3,(H2,30,31,32,33). The summed E-state index contributed by atoms with van der Waals surface area (Å²) in [7, 11) is -3.46. The van der Waals surface area contributed by atoms with Crippen molar-refractivity contribution in [2.45, 2.75) is 69.6 Å². The number of benzene rings is 2. The molecule has 37 heavy (non-hydrogen) atoms. The quantitative estimate of drug-likeness (QED) is 0.328. The van der Waals surface area contributed by atoms with Crippen LogP contribution in [0.3, 0.4) is 0 Å². The molecule has 2 aromatic carbocycles. The van der Waals surface area contributed by atoms with Crippen LogP contribution in [-0.2, 0) is 9.84 Å². The van der Waals surface area contributed by atoms with Crippen LogP contribution in [0.1, 0.15) is 57.6 Å². The van der Waals surface area contributed by atoms with Crippen LogP contribution in [0.2, 0.25) is 0 Å². The van der Waals surface area contributed by atoms with Gasteiger partial charge in [0.25, 0.3) is 0 Å². The summed E-state index contributed by atoms with van der Waals surface area (Å²) in [4.78, 5) is 9.24. The Morgan fingerprint density at radius 1 is 1.00 bits per heavy atom. The van der Waals surface area contributed by atoms with E-state index in [9.17, 15) is 8.42 Å². The van der Waals surface area contributed by atoms with Gasteiger partial charge in [0.1, 0.15) is 11.6 Å². The van der Waals surface area contributed by atoms with Crippen LogP contribution < -0.4 is 20.7 Å². The van der Waals surface area contributed by atoms with E-state index in [0.29, 0.717) is 23.4 Å². The zero-order valence-corrected chi connectivity index (χ0v) is 23.0. The van der Waals surface area contributed by atoms with Gasteiger partial charge in [-0.25, -0.2) is 13.4 Å². The van der Waals surface area contributed by atoms with E-state index in [0.717, 1.165) is 37.4 Å². The van der Waals surface area contributed by atoms with Crippen LogP contribution in [0.5, 0.6) is 5.75 Å². The Bertz CT molecular complexity index is 1340. The number of para-hydroxylation sites is 1. The average Bonchev–Trinajstić information content (AvgIpc) is 2.86. The van der Waals surface area contributed by atoms with Crippen LogP contribution in [0.15, 0.2) is 53.6 Å². The molecule has 0 saturated carbocycles. The fraction of sp³-hybridized carbons (Fsp3) is 0.429. The third-order valence-electron chi connectivity index (χ3n) is 6.49. The largest absolute Gasteiger partial charge is 0.489 e. The van der Waals surface area contributed by atoms with Crippen molar-refractivity contribution in [1.82, 2.24) is 15.3 Å². The summed E-state index contributed by atoms with van der Waals surface area (Å²) < 4.78 is 31.9. The second-order valence-corrected chi connectivity index (χ2v) is 12.5. The van der Waals surface area contributed by atoms with E-state index in [-0.39, 0.29) is 11.0 Å². The Kier molecular flexibility index (Phi) is 8.34. The SMILES string of the molecule is Cc1cc(Nc2nccc(Nc3ccccc3S(=O)(=O)C(C)C)n2)c(OC(C)C)cc1C1CCNCC1. The zero-order valence-electron chi connectivity index (χ0n) is 22.2. The smallest absolute Gasteiger partial charge is 0.229 e. The van der Waals surface area contributed by atoms with Gasteiger partial charge in [-0.3, -0.25) is 0 Å². The van der Waals surface area contributed by atoms with Crippen LogP contribution in [-0.4, -0.2) is 42.8 Å². The van der Waals surface area contributed by atoms with Crippen molar-refractivity contribution in [1.29, 1.82) is 0 Å². The summed E-state index contributed by atoms with van der Waals surface area (Å²) in [5.74, 6) is 2.15. The first-order valence-electron chi connectivity index (χ1n) is 12.9. The first-order valence-corrected chi connectivity index (χ1v) is 14.4. The van der Waals surface area contributed by atoms with E-state index in [2.05, 4.69) is 45.0 Å². The molecule has 1 fully saturated rings. The lowest BCUT2D eigenvalue weighted by atomic mass is 9.87. The molecule has 8 nitrogen and oxygen atoms in total. The Labute approximate surface area is 220 Å². The molecule has 0 unspecified atom stereocenters. The number of nitrogens with one attached hydrogen (secondary N) is 3. The number of ether oxygens (including phenoxy) is 1. The predicted molar refractivity (Wildman–Crippen MR) is 149 cm³/mol. The molecule has 3 aromatic rings. The van der Waals surface area contributed by atoms with E-state index in [1.165, 1.54) is 11.1 Å². The summed E-state index contributed by atoms with van der Waals surface area (Å²) in [6, 6.07) is 12.8. The van der Waals surface area contributed by atoms with E-state index in [1.54, 1.807) is 50.4 Å². The summed E-state index contributed by atoms with van der Waals surface area (Å²) in [5, 5.41) is 9.38. The summed E-state index contributed by atoms with van der Waals surface area (Å²) in [6.45, 7) is 11.6. The molecule has 0 bridgehead atoms. The first-order chi connectivity index (χ1) is 17.6. The molecule has 3 N–H and O–H groups in total. The van der Waals surface area contributed by atoms with E-state index >= 15 is 0 Å². The number of piperidine rings is 1. The van der Waals surface area contributed by atoms with E-state index < -0.39 is 15.1 Å². The predicted octanol–water partition coefficient (Wildman–Crippen LogP) is 5.71. The fourth-order valence-electron chi connectivity index (χ4n) is 4.54. The van der Waals surface area contributed by atoms with Gasteiger partial charge < -0.3 is 20.7 Å². The van der Waals surface area contributed by atoms with Crippen LogP contribution >= 0.6 is 0 Å². The Morgan fingerprint density at radius 2 is 1.73 bits per heavy atom. The number of hydrogen-bond acceptors (Lipinski definition) is 8. The summed E-state index contributed by atoms with van der Waals surface area (Å²) in [5.41, 5.74) is 3.80. The number of aromatic nitrogens is 2. The highest BCUT2D eigenvalue weighted by molar-refractivity contribution is 7.92. The van der Waals surface area contributed by atoms with Crippen molar-refractivity contribution >= 4 is 33.0 Å². The van der Waals surface area contributed by atoms with Gasteiger partial charge in [-0.05, 0) is 108 Å². The Morgan fingerprint density at radius 3 is 2.43 bits per heavy atom. The third kappa shape index (κ3) is 6.40. The molecule has 198 valence electrons. The van der Waals surface area contributed by atoms with Gasteiger partial charge in [-0.2, -0.15) is 4.98 Å². The third-order valence-corrected chi connectivity index (χ3v) is 8.70. The molecular weight excluding hydrogens is 486 g/mol. The monoisotopic (exact) mass is 523 g/mol. The van der Waals surface area contributed by atoms with Gasteiger partial charge in [0.15, 0.2) is 9.84 Å². The van der Waals surface area contributed by atoms with E-state index in [1.807, 2.05) is 13.8 Å². The molecule has 0 atom stereocenters. The molecule has 4 rings (SSSR count). The summed E-state index contributed by atoms with van der Waals surface area (Å²) >= 11 is 0. The van der Waals surface area contributed by atoms with Crippen molar-refractivity contribution in [3.8, 4) is 5.75 Å². The van der Waals surface area contributed by atoms with Gasteiger partial charge in [-0.1, -0.05) is 12.1 Å². The Hall–Kier alpha value is -3.17. The number of rotatable bonds is 9. The van der Waals surface area contributed by atoms with Crippen LogP contribution in [0.4, 0.5) is 23.1 Å². The maximum absolute atomic E-state index is 12.8.